The summed E-state index contributed by atoms with van der Waals surface area (Å²) in [5.41, 5.74) is 3.50. The van der Waals surface area contributed by atoms with Crippen LogP contribution in [0.1, 0.15) is 29.0 Å². The van der Waals surface area contributed by atoms with Crippen LogP contribution in [-0.2, 0) is 6.61 Å². The van der Waals surface area contributed by atoms with Gasteiger partial charge in [-0.15, -0.1) is 0 Å². The maximum absolute atomic E-state index is 12.8. The Bertz CT molecular complexity index is 1020. The third-order valence-electron chi connectivity index (χ3n) is 6.22. The van der Waals surface area contributed by atoms with Gasteiger partial charge in [0.15, 0.2) is 5.76 Å². The minimum Gasteiger partial charge on any atom is -0.451 e. The average Bonchev–Trinajstić information content (AvgIpc) is 3.18. The molecule has 6 rings (SSSR count). The lowest BCUT2D eigenvalue weighted by Gasteiger charge is -2.44. The summed E-state index contributed by atoms with van der Waals surface area (Å²) < 4.78 is 5.90. The summed E-state index contributed by atoms with van der Waals surface area (Å²) in [5, 5.41) is 13.7. The van der Waals surface area contributed by atoms with E-state index in [9.17, 15) is 9.90 Å². The van der Waals surface area contributed by atoms with Gasteiger partial charge < -0.3 is 19.7 Å². The number of aliphatic hydroxyl groups excluding tert-OH is 1. The highest BCUT2D eigenvalue weighted by Crippen LogP contribution is 2.30. The first-order valence-electron chi connectivity index (χ1n) is 9.97. The smallest absolute Gasteiger partial charge is 0.287 e. The van der Waals surface area contributed by atoms with E-state index in [0.717, 1.165) is 41.7 Å². The highest BCUT2D eigenvalue weighted by Gasteiger charge is 2.35. The number of carbonyl (C=O) groups excluding carboxylic acids is 1. The van der Waals surface area contributed by atoms with Crippen LogP contribution in [-0.4, -0.2) is 41.6 Å². The molecule has 1 atom stereocenters. The number of piperidine rings is 3. The molecule has 3 aromatic rings. The van der Waals surface area contributed by atoms with Crippen molar-refractivity contribution >= 4 is 16.9 Å². The Morgan fingerprint density at radius 3 is 2.71 bits per heavy atom. The van der Waals surface area contributed by atoms with Crippen LogP contribution in [0.3, 0.4) is 0 Å². The van der Waals surface area contributed by atoms with Gasteiger partial charge in [-0.1, -0.05) is 36.4 Å². The van der Waals surface area contributed by atoms with E-state index in [1.54, 1.807) is 0 Å². The Kier molecular flexibility index (Phi) is 4.41. The van der Waals surface area contributed by atoms with E-state index in [-0.39, 0.29) is 18.6 Å². The standard InChI is InChI=1S/C23H24N2O3/c26-14-18-3-1-2-4-19(18)16-5-6-17-12-22(28-21(17)11-16)23(27)24-20-13-25-9-7-15(20)8-10-25/h1-6,11-12,15,20,26H,7-10,13-14H2,(H,24,27). The molecule has 5 nitrogen and oxygen atoms in total. The van der Waals surface area contributed by atoms with Crippen molar-refractivity contribution in [2.45, 2.75) is 25.5 Å². The van der Waals surface area contributed by atoms with Crippen molar-refractivity contribution in [1.82, 2.24) is 10.2 Å². The molecule has 1 unspecified atom stereocenters. The Hall–Kier alpha value is -2.63. The number of rotatable bonds is 4. The molecule has 2 bridgehead atoms. The summed E-state index contributed by atoms with van der Waals surface area (Å²) in [5.74, 6) is 0.811. The lowest BCUT2D eigenvalue weighted by atomic mass is 9.84. The number of benzene rings is 2. The lowest BCUT2D eigenvalue weighted by molar-refractivity contribution is 0.0607. The van der Waals surface area contributed by atoms with Crippen molar-refractivity contribution in [2.75, 3.05) is 19.6 Å². The molecule has 3 aliphatic heterocycles. The maximum atomic E-state index is 12.8. The summed E-state index contributed by atoms with van der Waals surface area (Å²) >= 11 is 0. The van der Waals surface area contributed by atoms with Crippen LogP contribution in [0.4, 0.5) is 0 Å². The van der Waals surface area contributed by atoms with Gasteiger partial charge in [0, 0.05) is 18.0 Å². The predicted octanol–water partition coefficient (Wildman–Crippen LogP) is 3.42. The van der Waals surface area contributed by atoms with Crippen LogP contribution in [0.15, 0.2) is 52.9 Å². The van der Waals surface area contributed by atoms with Gasteiger partial charge in [-0.05, 0) is 60.7 Å². The third-order valence-corrected chi connectivity index (χ3v) is 6.22. The van der Waals surface area contributed by atoms with Gasteiger partial charge in [0.05, 0.1) is 6.61 Å². The van der Waals surface area contributed by atoms with E-state index in [1.165, 1.54) is 12.8 Å². The highest BCUT2D eigenvalue weighted by atomic mass is 16.3. The quantitative estimate of drug-likeness (QED) is 0.732. The molecule has 1 amide bonds. The first-order chi connectivity index (χ1) is 13.7. The van der Waals surface area contributed by atoms with Crippen molar-refractivity contribution in [3.8, 4) is 11.1 Å². The molecule has 0 saturated carbocycles. The van der Waals surface area contributed by atoms with Crippen molar-refractivity contribution in [1.29, 1.82) is 0 Å². The van der Waals surface area contributed by atoms with E-state index < -0.39 is 0 Å². The largest absolute Gasteiger partial charge is 0.451 e. The second-order valence-electron chi connectivity index (χ2n) is 7.90. The maximum Gasteiger partial charge on any atom is 0.287 e. The zero-order valence-corrected chi connectivity index (χ0v) is 15.7. The molecular formula is C23H24N2O3. The molecule has 5 heteroatoms. The van der Waals surface area contributed by atoms with Crippen LogP contribution < -0.4 is 5.32 Å². The van der Waals surface area contributed by atoms with Gasteiger partial charge in [-0.2, -0.15) is 0 Å². The number of fused-ring (bicyclic) bond motifs is 4. The molecule has 3 fully saturated rings. The molecule has 1 aromatic heterocycles. The molecular weight excluding hydrogens is 352 g/mol. The second-order valence-corrected chi connectivity index (χ2v) is 7.90. The summed E-state index contributed by atoms with van der Waals surface area (Å²) in [4.78, 5) is 15.2. The zero-order chi connectivity index (χ0) is 19.1. The minimum atomic E-state index is -0.132. The van der Waals surface area contributed by atoms with Crippen molar-refractivity contribution in [3.05, 3.63) is 59.9 Å². The van der Waals surface area contributed by atoms with E-state index >= 15 is 0 Å². The normalized spacial score (nSPS) is 23.8. The van der Waals surface area contributed by atoms with E-state index in [4.69, 9.17) is 4.42 Å². The Morgan fingerprint density at radius 2 is 1.96 bits per heavy atom. The number of carbonyl (C=O) groups is 1. The Labute approximate surface area is 164 Å². The predicted molar refractivity (Wildman–Crippen MR) is 108 cm³/mol. The molecule has 0 radical (unpaired) electrons. The monoisotopic (exact) mass is 376 g/mol. The molecule has 4 heterocycles. The van der Waals surface area contributed by atoms with E-state index in [0.29, 0.717) is 17.3 Å². The molecule has 2 N–H and O–H groups in total. The van der Waals surface area contributed by atoms with Gasteiger partial charge in [-0.25, -0.2) is 0 Å². The first kappa shape index (κ1) is 17.5. The van der Waals surface area contributed by atoms with E-state index in [2.05, 4.69) is 10.2 Å². The fraction of sp³-hybridized carbons (Fsp3) is 0.348. The summed E-state index contributed by atoms with van der Waals surface area (Å²) in [6, 6.07) is 15.7. The molecule has 0 aliphatic carbocycles. The highest BCUT2D eigenvalue weighted by molar-refractivity contribution is 5.97. The topological polar surface area (TPSA) is 65.7 Å². The van der Waals surface area contributed by atoms with Crippen molar-refractivity contribution < 1.29 is 14.3 Å². The van der Waals surface area contributed by atoms with Crippen LogP contribution in [0.2, 0.25) is 0 Å². The van der Waals surface area contributed by atoms with Gasteiger partial charge in [0.25, 0.3) is 5.91 Å². The van der Waals surface area contributed by atoms with E-state index in [1.807, 2.05) is 48.5 Å². The van der Waals surface area contributed by atoms with Gasteiger partial charge >= 0.3 is 0 Å². The van der Waals surface area contributed by atoms with Gasteiger partial charge in [0.2, 0.25) is 0 Å². The number of hydrogen-bond donors (Lipinski definition) is 2. The number of nitrogens with zero attached hydrogens (tertiary/aromatic N) is 1. The third kappa shape index (κ3) is 3.11. The number of furan rings is 1. The molecule has 0 spiro atoms. The number of amides is 1. The summed E-state index contributed by atoms with van der Waals surface area (Å²) in [6.07, 6.45) is 2.33. The first-order valence-corrected chi connectivity index (χ1v) is 9.97. The number of nitrogens with one attached hydrogen (secondary N) is 1. The lowest BCUT2D eigenvalue weighted by Crippen LogP contribution is -2.57. The van der Waals surface area contributed by atoms with Crippen molar-refractivity contribution in [2.24, 2.45) is 5.92 Å². The zero-order valence-electron chi connectivity index (χ0n) is 15.7. The van der Waals surface area contributed by atoms with Gasteiger partial charge in [0.1, 0.15) is 5.58 Å². The fourth-order valence-electron chi connectivity index (χ4n) is 4.62. The van der Waals surface area contributed by atoms with Crippen LogP contribution >= 0.6 is 0 Å². The van der Waals surface area contributed by atoms with Crippen LogP contribution in [0, 0.1) is 5.92 Å². The van der Waals surface area contributed by atoms with Crippen LogP contribution in [0.25, 0.3) is 22.1 Å². The fourth-order valence-corrected chi connectivity index (χ4v) is 4.62. The average molecular weight is 376 g/mol. The van der Waals surface area contributed by atoms with Crippen LogP contribution in [0.5, 0.6) is 0 Å². The Balaban J connectivity index is 1.40. The van der Waals surface area contributed by atoms with Crippen molar-refractivity contribution in [3.63, 3.8) is 0 Å². The molecule has 28 heavy (non-hydrogen) atoms. The Morgan fingerprint density at radius 1 is 1.14 bits per heavy atom. The minimum absolute atomic E-state index is 0.0143. The number of aliphatic hydroxyl groups is 1. The second kappa shape index (κ2) is 7.08. The molecule has 3 saturated heterocycles. The SMILES string of the molecule is O=C(NC1CN2CCC1CC2)c1cc2ccc(-c3ccccc3CO)cc2o1. The van der Waals surface area contributed by atoms with Gasteiger partial charge in [-0.3, -0.25) is 4.79 Å². The molecule has 144 valence electrons. The summed E-state index contributed by atoms with van der Waals surface area (Å²) in [6.45, 7) is 3.23. The summed E-state index contributed by atoms with van der Waals surface area (Å²) in [7, 11) is 0. The molecule has 3 aliphatic rings. The molecule has 2 aromatic carbocycles. The number of hydrogen-bond acceptors (Lipinski definition) is 4.